The van der Waals surface area contributed by atoms with Gasteiger partial charge in [-0.25, -0.2) is 40.9 Å². The summed E-state index contributed by atoms with van der Waals surface area (Å²) in [6.07, 6.45) is 22.8. The molecule has 2 nitrogen and oxygen atoms in total. The van der Waals surface area contributed by atoms with Gasteiger partial charge in [-0.3, -0.25) is 29.7 Å². The third-order valence-corrected chi connectivity index (χ3v) is 7.53. The summed E-state index contributed by atoms with van der Waals surface area (Å²) in [4.78, 5) is 2.75. The van der Waals surface area contributed by atoms with Gasteiger partial charge < -0.3 is 9.80 Å². The van der Waals surface area contributed by atoms with E-state index in [9.17, 15) is 35.1 Å². The fourth-order valence-electron chi connectivity index (χ4n) is 4.67. The molecule has 0 heterocycles. The summed E-state index contributed by atoms with van der Waals surface area (Å²) in [5.74, 6) is -11.4. The molecule has 0 atom stereocenters. The SMILES string of the molecule is CC1=[C-]CC=C1.CC1=[C-]CC=C1.CCCCN(CCCC)c1c(F)c(F)[c-]c(F)c1F.CCCCN(CCCC)c1c(F)c(F)[c-]c(F)c1F.[Ti+4]. The number of benzene rings is 2. The molecule has 0 aromatic heterocycles. The minimum Gasteiger partial charge on any atom is -0.388 e. The molecule has 0 N–H and O–H groups in total. The second-order valence-electron chi connectivity index (χ2n) is 11.8. The van der Waals surface area contributed by atoms with E-state index in [2.05, 4.69) is 50.3 Å². The van der Waals surface area contributed by atoms with Crippen LogP contribution in [0.2, 0.25) is 0 Å². The molecule has 2 aliphatic carbocycles. The molecule has 51 heavy (non-hydrogen) atoms. The van der Waals surface area contributed by atoms with E-state index in [4.69, 9.17) is 0 Å². The Morgan fingerprint density at radius 2 is 0.745 bits per heavy atom. The Kier molecular flexibility index (Phi) is 25.4. The van der Waals surface area contributed by atoms with Crippen molar-refractivity contribution < 1.29 is 56.8 Å². The zero-order valence-electron chi connectivity index (χ0n) is 30.6. The van der Waals surface area contributed by atoms with Crippen LogP contribution in [-0.2, 0) is 21.7 Å². The standard InChI is InChI=1S/2C14H18F4N.2C6H7.Ti/c2*1-3-5-7-19(8-6-4-2)14-12(17)10(15)9-11(16)13(14)18;2*1-6-4-2-3-5-6;/h2*3-8H2,1-2H3;2*2,4H,3H2,1H3;/q4*-1;+4. The fraction of sp³-hybridized carbons (Fsp3) is 0.500. The Hall–Kier alpha value is -2.85. The summed E-state index contributed by atoms with van der Waals surface area (Å²) >= 11 is 0. The molecule has 4 rings (SSSR count). The average Bonchev–Trinajstić information content (AvgIpc) is 3.79. The number of rotatable bonds is 14. The molecule has 0 radical (unpaired) electrons. The van der Waals surface area contributed by atoms with Crippen LogP contribution < -0.4 is 9.80 Å². The summed E-state index contributed by atoms with van der Waals surface area (Å²) in [5.41, 5.74) is 1.32. The van der Waals surface area contributed by atoms with Crippen molar-refractivity contribution in [1.29, 1.82) is 0 Å². The molecule has 2 aromatic rings. The normalized spacial score (nSPS) is 12.4. The zero-order chi connectivity index (χ0) is 37.6. The van der Waals surface area contributed by atoms with E-state index in [-0.39, 0.29) is 21.7 Å². The molecule has 0 fully saturated rings. The Labute approximate surface area is 315 Å². The van der Waals surface area contributed by atoms with Crippen LogP contribution in [0.3, 0.4) is 0 Å². The van der Waals surface area contributed by atoms with Gasteiger partial charge in [0, 0.05) is 37.6 Å². The summed E-state index contributed by atoms with van der Waals surface area (Å²) in [6, 6.07) is 2.81. The molecule has 0 bridgehead atoms. The number of halogens is 8. The van der Waals surface area contributed by atoms with E-state index < -0.39 is 57.9 Å². The average molecular weight is 759 g/mol. The Morgan fingerprint density at radius 1 is 0.490 bits per heavy atom. The molecule has 280 valence electrons. The third-order valence-electron chi connectivity index (χ3n) is 7.53. The topological polar surface area (TPSA) is 6.48 Å². The minimum absolute atomic E-state index is 0. The molecule has 2 aliphatic rings. The van der Waals surface area contributed by atoms with E-state index in [1.54, 1.807) is 0 Å². The molecule has 0 aliphatic heterocycles. The Bertz CT molecular complexity index is 1260. The molecule has 11 heteroatoms. The van der Waals surface area contributed by atoms with Crippen molar-refractivity contribution in [2.45, 2.75) is 106 Å². The summed E-state index contributed by atoms with van der Waals surface area (Å²) < 4.78 is 107. The predicted octanol–water partition coefficient (Wildman–Crippen LogP) is 12.3. The van der Waals surface area contributed by atoms with E-state index in [0.717, 1.165) is 38.5 Å². The zero-order valence-corrected chi connectivity index (χ0v) is 32.2. The van der Waals surface area contributed by atoms with Gasteiger partial charge in [0.1, 0.15) is 0 Å². The molecule has 0 saturated heterocycles. The Morgan fingerprint density at radius 3 is 0.902 bits per heavy atom. The van der Waals surface area contributed by atoms with Gasteiger partial charge in [0.2, 0.25) is 0 Å². The monoisotopic (exact) mass is 758 g/mol. The fourth-order valence-corrected chi connectivity index (χ4v) is 4.67. The molecule has 2 aromatic carbocycles. The van der Waals surface area contributed by atoms with Gasteiger partial charge in [0.15, 0.2) is 0 Å². The second-order valence-corrected chi connectivity index (χ2v) is 11.8. The van der Waals surface area contributed by atoms with E-state index in [1.807, 2.05) is 27.7 Å². The first-order valence-corrected chi connectivity index (χ1v) is 17.3. The van der Waals surface area contributed by atoms with Crippen LogP contribution in [0.25, 0.3) is 0 Å². The third kappa shape index (κ3) is 17.0. The van der Waals surface area contributed by atoms with Gasteiger partial charge in [-0.1, -0.05) is 67.2 Å². The second kappa shape index (κ2) is 26.9. The quantitative estimate of drug-likeness (QED) is 0.0819. The smallest absolute Gasteiger partial charge is 0.388 e. The molecular weight excluding hydrogens is 708 g/mol. The van der Waals surface area contributed by atoms with Crippen molar-refractivity contribution in [3.8, 4) is 0 Å². The maximum absolute atomic E-state index is 13.7. The van der Waals surface area contributed by atoms with Gasteiger partial charge in [-0.15, -0.1) is 25.0 Å². The Balaban J connectivity index is 0.000000727. The van der Waals surface area contributed by atoms with Crippen molar-refractivity contribution in [1.82, 2.24) is 0 Å². The summed E-state index contributed by atoms with van der Waals surface area (Å²) in [7, 11) is 0. The van der Waals surface area contributed by atoms with Crippen LogP contribution in [0, 0.1) is 70.8 Å². The van der Waals surface area contributed by atoms with Gasteiger partial charge in [-0.2, -0.15) is 12.2 Å². The van der Waals surface area contributed by atoms with Crippen LogP contribution in [0.4, 0.5) is 46.5 Å². The maximum Gasteiger partial charge on any atom is 4.00 e. The van der Waals surface area contributed by atoms with Gasteiger partial charge >= 0.3 is 21.7 Å². The van der Waals surface area contributed by atoms with Crippen molar-refractivity contribution in [2.24, 2.45) is 0 Å². The predicted molar refractivity (Wildman–Crippen MR) is 187 cm³/mol. The van der Waals surface area contributed by atoms with E-state index >= 15 is 0 Å². The van der Waals surface area contributed by atoms with Crippen LogP contribution in [0.5, 0.6) is 0 Å². The van der Waals surface area contributed by atoms with E-state index in [0.29, 0.717) is 51.9 Å². The maximum atomic E-state index is 13.7. The largest absolute Gasteiger partial charge is 4.00 e. The number of anilines is 2. The number of hydrogen-bond donors (Lipinski definition) is 0. The first-order chi connectivity index (χ1) is 23.8. The molecule has 0 unspecified atom stereocenters. The summed E-state index contributed by atoms with van der Waals surface area (Å²) in [6.45, 7) is 13.3. The van der Waals surface area contributed by atoms with Crippen LogP contribution in [0.1, 0.15) is 106 Å². The van der Waals surface area contributed by atoms with Crippen molar-refractivity contribution in [2.75, 3.05) is 36.0 Å². The molecule has 0 amide bonds. The number of allylic oxidation sites excluding steroid dienone is 8. The minimum atomic E-state index is -1.48. The van der Waals surface area contributed by atoms with Gasteiger partial charge in [-0.05, 0) is 25.7 Å². The molecule has 0 saturated carbocycles. The van der Waals surface area contributed by atoms with Crippen molar-refractivity contribution in [3.05, 3.63) is 106 Å². The number of hydrogen-bond acceptors (Lipinski definition) is 2. The number of unbranched alkanes of at least 4 members (excludes halogenated alkanes) is 4. The number of nitrogens with zero attached hydrogens (tertiary/aromatic N) is 2. The van der Waals surface area contributed by atoms with Crippen LogP contribution in [0.15, 0.2) is 35.5 Å². The van der Waals surface area contributed by atoms with Crippen molar-refractivity contribution >= 4 is 11.4 Å². The van der Waals surface area contributed by atoms with E-state index in [1.165, 1.54) is 33.1 Å². The van der Waals surface area contributed by atoms with Crippen molar-refractivity contribution in [3.63, 3.8) is 0 Å². The van der Waals surface area contributed by atoms with Crippen LogP contribution >= 0.6 is 0 Å². The first kappa shape index (κ1) is 48.2. The molecular formula is C40H50F8N2Ti. The van der Waals surface area contributed by atoms with Gasteiger partial charge in [0.25, 0.3) is 0 Å². The van der Waals surface area contributed by atoms with Crippen LogP contribution in [-0.4, -0.2) is 26.2 Å². The summed E-state index contributed by atoms with van der Waals surface area (Å²) in [5, 5.41) is 0. The molecule has 0 spiro atoms. The van der Waals surface area contributed by atoms with Gasteiger partial charge in [0.05, 0.1) is 46.5 Å². The first-order valence-electron chi connectivity index (χ1n) is 17.3.